The van der Waals surface area contributed by atoms with Crippen molar-refractivity contribution in [3.05, 3.63) is 0 Å². The van der Waals surface area contributed by atoms with Gasteiger partial charge in [-0.05, 0) is 37.5 Å². The van der Waals surface area contributed by atoms with E-state index in [0.717, 1.165) is 0 Å². The number of nitrogens with one attached hydrogen (secondary N) is 4. The SMILES string of the molecule is CC(C)CC(=O)C(=O)O.CC(C)CC(=O)C(=O)O.N=C(N)NCCC[C@H](N)C(=O)[O-].N=C(N)NCCC[C@H](N)C(=O)[O-].[Ca+2]. The van der Waals surface area contributed by atoms with Gasteiger partial charge >= 0.3 is 49.7 Å². The molecule has 2 atom stereocenters. The van der Waals surface area contributed by atoms with Gasteiger partial charge in [0.05, 0.1) is 11.9 Å². The van der Waals surface area contributed by atoms with Crippen LogP contribution < -0.4 is 43.8 Å². The monoisotopic (exact) mass is 646 g/mol. The maximum Gasteiger partial charge on any atom is 2.00 e. The second kappa shape index (κ2) is 30.4. The minimum absolute atomic E-state index is 0. The Labute approximate surface area is 280 Å². The van der Waals surface area contributed by atoms with E-state index in [1.165, 1.54) is 0 Å². The fourth-order valence-corrected chi connectivity index (χ4v) is 2.24. The van der Waals surface area contributed by atoms with Gasteiger partial charge in [0.2, 0.25) is 11.6 Å². The maximum atomic E-state index is 10.4. The molecule has 0 rings (SSSR count). The van der Waals surface area contributed by atoms with Crippen LogP contribution in [0.5, 0.6) is 0 Å². The summed E-state index contributed by atoms with van der Waals surface area (Å²) in [6.45, 7) is 8.13. The van der Waals surface area contributed by atoms with Crippen LogP contribution in [0.15, 0.2) is 0 Å². The van der Waals surface area contributed by atoms with Crippen molar-refractivity contribution in [1.82, 2.24) is 10.6 Å². The Morgan fingerprint density at radius 2 is 0.930 bits per heavy atom. The molecule has 0 radical (unpaired) electrons. The van der Waals surface area contributed by atoms with Crippen LogP contribution in [-0.2, 0) is 28.8 Å². The molecule has 14 N–H and O–H groups in total. The van der Waals surface area contributed by atoms with Crippen LogP contribution in [0.4, 0.5) is 0 Å². The van der Waals surface area contributed by atoms with Gasteiger partial charge in [-0.15, -0.1) is 0 Å². The summed E-state index contributed by atoms with van der Waals surface area (Å²) in [6.07, 6.45) is 2.01. The van der Waals surface area contributed by atoms with Crippen molar-refractivity contribution in [2.75, 3.05) is 13.1 Å². The number of rotatable bonds is 16. The van der Waals surface area contributed by atoms with Gasteiger partial charge in [0.25, 0.3) is 0 Å². The number of carboxylic acid groups (broad SMARTS) is 4. The predicted octanol–water partition coefficient (Wildman–Crippen LogP) is -4.35. The molecular formula is C24H46CaN8O10. The van der Waals surface area contributed by atoms with Crippen LogP contribution in [0.25, 0.3) is 0 Å². The number of carbonyl (C=O) groups excluding carboxylic acids is 4. The van der Waals surface area contributed by atoms with E-state index in [-0.39, 0.29) is 74.3 Å². The summed E-state index contributed by atoms with van der Waals surface area (Å²) in [7, 11) is 0. The van der Waals surface area contributed by atoms with Crippen LogP contribution in [-0.4, -0.2) is 120 Å². The number of hydrogen-bond acceptors (Lipinski definition) is 12. The van der Waals surface area contributed by atoms with E-state index in [4.69, 9.17) is 44.0 Å². The van der Waals surface area contributed by atoms with E-state index < -0.39 is 47.5 Å². The Hall–Kier alpha value is -3.06. The van der Waals surface area contributed by atoms with Gasteiger partial charge in [0, 0.05) is 38.0 Å². The van der Waals surface area contributed by atoms with E-state index in [1.54, 1.807) is 27.7 Å². The third-order valence-corrected chi connectivity index (χ3v) is 4.28. The number of carboxylic acids is 4. The van der Waals surface area contributed by atoms with Crippen LogP contribution >= 0.6 is 0 Å². The molecule has 0 fully saturated rings. The van der Waals surface area contributed by atoms with Crippen LogP contribution in [0.2, 0.25) is 0 Å². The van der Waals surface area contributed by atoms with Crippen molar-refractivity contribution >= 4 is 85.1 Å². The predicted molar refractivity (Wildman–Crippen MR) is 154 cm³/mol. The Balaban J connectivity index is -0.000000150. The van der Waals surface area contributed by atoms with E-state index >= 15 is 0 Å². The summed E-state index contributed by atoms with van der Waals surface area (Å²) >= 11 is 0. The van der Waals surface area contributed by atoms with Gasteiger partial charge in [-0.2, -0.15) is 0 Å². The smallest absolute Gasteiger partial charge is 0.548 e. The molecule has 19 heteroatoms. The van der Waals surface area contributed by atoms with Crippen LogP contribution in [0.3, 0.4) is 0 Å². The number of ketones is 2. The molecule has 0 aliphatic heterocycles. The molecule has 0 aliphatic carbocycles. The maximum absolute atomic E-state index is 10.4. The van der Waals surface area contributed by atoms with E-state index in [9.17, 15) is 39.0 Å². The molecule has 244 valence electrons. The van der Waals surface area contributed by atoms with E-state index in [0.29, 0.717) is 38.8 Å². The molecule has 0 amide bonds. The topological polar surface area (TPSA) is 365 Å². The van der Waals surface area contributed by atoms with Gasteiger partial charge in [-0.1, -0.05) is 27.7 Å². The summed E-state index contributed by atoms with van der Waals surface area (Å²) in [5.41, 5.74) is 20.3. The second-order valence-electron chi connectivity index (χ2n) is 9.47. The average molecular weight is 647 g/mol. The standard InChI is InChI=1S/2C6H14N4O2.2C6H10O3.Ca/c2*7-4(5(11)12)2-1-3-10-6(8)9;2*1-4(2)3-5(7)6(8)9;/h2*4H,1-3,7H2,(H,11,12)(H4,8,9,10);2*4H,3H2,1-2H3,(H,8,9);/q;;;;+2/p-2/t2*4-;;;/m00.../s1. The van der Waals surface area contributed by atoms with Gasteiger partial charge in [0.15, 0.2) is 11.9 Å². The van der Waals surface area contributed by atoms with Gasteiger partial charge < -0.3 is 63.6 Å². The minimum atomic E-state index is -1.33. The molecule has 43 heavy (non-hydrogen) atoms. The summed E-state index contributed by atoms with van der Waals surface area (Å²) in [4.78, 5) is 60.7. The zero-order chi connectivity index (χ0) is 34.0. The fraction of sp³-hybridized carbons (Fsp3) is 0.667. The molecule has 0 aromatic heterocycles. The number of nitrogens with two attached hydrogens (primary N) is 4. The normalized spacial score (nSPS) is 10.8. The summed E-state index contributed by atoms with van der Waals surface area (Å²) in [5.74, 6) is -6.56. The zero-order valence-corrected chi connectivity index (χ0v) is 27.4. The quantitative estimate of drug-likeness (QED) is 0.0249. The van der Waals surface area contributed by atoms with Gasteiger partial charge in [0.1, 0.15) is 0 Å². The first-order valence-electron chi connectivity index (χ1n) is 12.8. The molecule has 0 saturated heterocycles. The van der Waals surface area contributed by atoms with Crippen molar-refractivity contribution in [3.63, 3.8) is 0 Å². The first kappa shape index (κ1) is 49.6. The van der Waals surface area contributed by atoms with Crippen molar-refractivity contribution < 1.29 is 49.2 Å². The molecule has 18 nitrogen and oxygen atoms in total. The second-order valence-corrected chi connectivity index (χ2v) is 9.47. The molecule has 0 aromatic rings. The summed E-state index contributed by atoms with van der Waals surface area (Å²) in [6, 6.07) is -1.86. The molecule has 0 spiro atoms. The Morgan fingerprint density at radius 3 is 1.07 bits per heavy atom. The Bertz CT molecular complexity index is 818. The van der Waals surface area contributed by atoms with Crippen molar-refractivity contribution in [1.29, 1.82) is 10.8 Å². The summed E-state index contributed by atoms with van der Waals surface area (Å²) in [5, 5.41) is 55.0. The first-order chi connectivity index (χ1) is 19.1. The fourth-order valence-electron chi connectivity index (χ4n) is 2.24. The number of Topliss-reactive ketones (excluding diaryl/α,β-unsaturated/α-hetero) is 2. The Kier molecular flexibility index (Phi) is 35.1. The number of carbonyl (C=O) groups is 6. The van der Waals surface area contributed by atoms with Crippen molar-refractivity contribution in [2.24, 2.45) is 34.8 Å². The van der Waals surface area contributed by atoms with Gasteiger partial charge in [-0.3, -0.25) is 20.4 Å². The third kappa shape index (κ3) is 43.5. The van der Waals surface area contributed by atoms with E-state index in [2.05, 4.69) is 10.6 Å². The molecule has 0 saturated carbocycles. The Morgan fingerprint density at radius 1 is 0.674 bits per heavy atom. The minimum Gasteiger partial charge on any atom is -0.548 e. The molecule has 0 aliphatic rings. The molecule has 0 bridgehead atoms. The van der Waals surface area contributed by atoms with Crippen LogP contribution in [0, 0.1) is 22.7 Å². The molecule has 0 heterocycles. The van der Waals surface area contributed by atoms with Crippen molar-refractivity contribution in [2.45, 2.75) is 78.3 Å². The van der Waals surface area contributed by atoms with E-state index in [1.807, 2.05) is 0 Å². The van der Waals surface area contributed by atoms with Crippen molar-refractivity contribution in [3.8, 4) is 0 Å². The largest absolute Gasteiger partial charge is 2.00 e. The average Bonchev–Trinajstić information content (AvgIpc) is 2.84. The number of guanidine groups is 2. The number of hydrogen-bond donors (Lipinski definition) is 10. The number of aliphatic carboxylic acids is 4. The third-order valence-electron chi connectivity index (χ3n) is 4.28. The first-order valence-corrected chi connectivity index (χ1v) is 12.8. The molecule has 0 unspecified atom stereocenters. The van der Waals surface area contributed by atoms with Gasteiger partial charge in [-0.25, -0.2) is 9.59 Å². The summed E-state index contributed by atoms with van der Waals surface area (Å²) < 4.78 is 0. The zero-order valence-electron chi connectivity index (χ0n) is 25.1. The van der Waals surface area contributed by atoms with Crippen LogP contribution in [0.1, 0.15) is 66.2 Å². The molecular weight excluding hydrogens is 600 g/mol. The molecule has 0 aromatic carbocycles.